The van der Waals surface area contributed by atoms with Crippen LogP contribution in [0, 0.1) is 20.8 Å². The lowest BCUT2D eigenvalue weighted by Gasteiger charge is -2.05. The molecule has 3 heteroatoms. The standard InChI is InChI=1S/C11H17NO2/c1-6-14-11(13)10-8(3)7(2)9(4)12(10)5/h6H2,1-5H3. The number of ether oxygens (including phenoxy) is 1. The van der Waals surface area contributed by atoms with Gasteiger partial charge in [0.15, 0.2) is 0 Å². The first-order valence-electron chi connectivity index (χ1n) is 4.80. The zero-order chi connectivity index (χ0) is 10.9. The van der Waals surface area contributed by atoms with Crippen LogP contribution in [0.1, 0.15) is 34.2 Å². The van der Waals surface area contributed by atoms with Crippen LogP contribution in [0.25, 0.3) is 0 Å². The molecule has 1 aromatic heterocycles. The minimum absolute atomic E-state index is 0.233. The highest BCUT2D eigenvalue weighted by Gasteiger charge is 2.18. The minimum Gasteiger partial charge on any atom is -0.461 e. The molecule has 0 amide bonds. The molecule has 0 bridgehead atoms. The van der Waals surface area contributed by atoms with Crippen LogP contribution >= 0.6 is 0 Å². The van der Waals surface area contributed by atoms with Crippen LogP contribution in [-0.2, 0) is 11.8 Å². The van der Waals surface area contributed by atoms with E-state index in [9.17, 15) is 4.79 Å². The highest BCUT2D eigenvalue weighted by molar-refractivity contribution is 5.90. The van der Waals surface area contributed by atoms with Crippen LogP contribution in [0.3, 0.4) is 0 Å². The summed E-state index contributed by atoms with van der Waals surface area (Å²) in [5.41, 5.74) is 3.96. The lowest BCUT2D eigenvalue weighted by Crippen LogP contribution is -2.11. The average molecular weight is 195 g/mol. The molecule has 0 aromatic carbocycles. The summed E-state index contributed by atoms with van der Waals surface area (Å²) < 4.78 is 6.89. The molecule has 0 aliphatic heterocycles. The number of carbonyl (C=O) groups excluding carboxylic acids is 1. The van der Waals surface area contributed by atoms with E-state index in [1.54, 1.807) is 0 Å². The maximum absolute atomic E-state index is 11.6. The molecular weight excluding hydrogens is 178 g/mol. The molecule has 0 unspecified atom stereocenters. The minimum atomic E-state index is -0.233. The topological polar surface area (TPSA) is 31.2 Å². The van der Waals surface area contributed by atoms with Crippen LogP contribution in [0.5, 0.6) is 0 Å². The SMILES string of the molecule is CCOC(=O)c1c(C)c(C)c(C)n1C. The van der Waals surface area contributed by atoms with E-state index < -0.39 is 0 Å². The second-order valence-corrected chi connectivity index (χ2v) is 3.46. The van der Waals surface area contributed by atoms with Crippen molar-refractivity contribution >= 4 is 5.97 Å². The molecule has 0 saturated heterocycles. The number of carbonyl (C=O) groups is 1. The zero-order valence-corrected chi connectivity index (χ0v) is 9.47. The van der Waals surface area contributed by atoms with Gasteiger partial charge in [-0.25, -0.2) is 4.79 Å². The van der Waals surface area contributed by atoms with E-state index in [4.69, 9.17) is 4.74 Å². The van der Waals surface area contributed by atoms with Crippen molar-refractivity contribution in [1.82, 2.24) is 4.57 Å². The summed E-state index contributed by atoms with van der Waals surface area (Å²) in [5.74, 6) is -0.233. The van der Waals surface area contributed by atoms with E-state index in [1.807, 2.05) is 39.3 Å². The van der Waals surface area contributed by atoms with Gasteiger partial charge in [0, 0.05) is 12.7 Å². The molecule has 3 nitrogen and oxygen atoms in total. The van der Waals surface area contributed by atoms with Gasteiger partial charge >= 0.3 is 5.97 Å². The summed E-state index contributed by atoms with van der Waals surface area (Å²) >= 11 is 0. The second-order valence-electron chi connectivity index (χ2n) is 3.46. The third-order valence-corrected chi connectivity index (χ3v) is 2.77. The van der Waals surface area contributed by atoms with Crippen LogP contribution in [0.4, 0.5) is 0 Å². The largest absolute Gasteiger partial charge is 0.461 e. The first-order valence-corrected chi connectivity index (χ1v) is 4.80. The number of esters is 1. The Morgan fingerprint density at radius 1 is 1.29 bits per heavy atom. The molecule has 0 saturated carbocycles. The maximum Gasteiger partial charge on any atom is 0.355 e. The number of rotatable bonds is 2. The summed E-state index contributed by atoms with van der Waals surface area (Å²) in [7, 11) is 1.89. The lowest BCUT2D eigenvalue weighted by molar-refractivity contribution is 0.0514. The molecule has 1 rings (SSSR count). The normalized spacial score (nSPS) is 10.4. The summed E-state index contributed by atoms with van der Waals surface area (Å²) in [6.07, 6.45) is 0. The molecule has 0 aliphatic carbocycles. The fourth-order valence-electron chi connectivity index (χ4n) is 1.61. The van der Waals surface area contributed by atoms with Gasteiger partial charge in [-0.1, -0.05) is 0 Å². The number of aromatic nitrogens is 1. The van der Waals surface area contributed by atoms with Gasteiger partial charge < -0.3 is 9.30 Å². The van der Waals surface area contributed by atoms with Crippen molar-refractivity contribution in [3.05, 3.63) is 22.5 Å². The van der Waals surface area contributed by atoms with Crippen molar-refractivity contribution in [1.29, 1.82) is 0 Å². The van der Waals surface area contributed by atoms with E-state index >= 15 is 0 Å². The van der Waals surface area contributed by atoms with Gasteiger partial charge in [-0.15, -0.1) is 0 Å². The van der Waals surface area contributed by atoms with Gasteiger partial charge in [-0.05, 0) is 38.8 Å². The van der Waals surface area contributed by atoms with E-state index in [0.717, 1.165) is 16.8 Å². The monoisotopic (exact) mass is 195 g/mol. The van der Waals surface area contributed by atoms with Crippen molar-refractivity contribution in [2.45, 2.75) is 27.7 Å². The average Bonchev–Trinajstić information content (AvgIpc) is 2.32. The number of hydrogen-bond donors (Lipinski definition) is 0. The van der Waals surface area contributed by atoms with Crippen molar-refractivity contribution in [2.75, 3.05) is 6.61 Å². The van der Waals surface area contributed by atoms with Gasteiger partial charge in [-0.3, -0.25) is 0 Å². The Bertz CT molecular complexity index is 338. The van der Waals surface area contributed by atoms with Gasteiger partial charge in [0.05, 0.1) is 6.61 Å². The summed E-state index contributed by atoms with van der Waals surface area (Å²) in [6.45, 7) is 8.21. The fraction of sp³-hybridized carbons (Fsp3) is 0.545. The Kier molecular flexibility index (Phi) is 2.99. The molecular formula is C11H17NO2. The molecule has 0 N–H and O–H groups in total. The number of hydrogen-bond acceptors (Lipinski definition) is 2. The van der Waals surface area contributed by atoms with Gasteiger partial charge in [0.1, 0.15) is 5.69 Å². The molecule has 1 heterocycles. The molecule has 14 heavy (non-hydrogen) atoms. The smallest absolute Gasteiger partial charge is 0.355 e. The number of nitrogens with zero attached hydrogens (tertiary/aromatic N) is 1. The first-order chi connectivity index (χ1) is 6.50. The highest BCUT2D eigenvalue weighted by Crippen LogP contribution is 2.20. The Hall–Kier alpha value is -1.25. The van der Waals surface area contributed by atoms with Crippen LogP contribution < -0.4 is 0 Å². The molecule has 0 radical (unpaired) electrons. The van der Waals surface area contributed by atoms with Crippen molar-refractivity contribution in [3.8, 4) is 0 Å². The van der Waals surface area contributed by atoms with E-state index in [2.05, 4.69) is 0 Å². The summed E-state index contributed by atoms with van der Waals surface area (Å²) in [4.78, 5) is 11.6. The Morgan fingerprint density at radius 2 is 1.86 bits per heavy atom. The van der Waals surface area contributed by atoms with Gasteiger partial charge in [0.2, 0.25) is 0 Å². The Labute approximate surface area is 84.7 Å². The van der Waals surface area contributed by atoms with E-state index in [1.165, 1.54) is 0 Å². The highest BCUT2D eigenvalue weighted by atomic mass is 16.5. The molecule has 1 aromatic rings. The lowest BCUT2D eigenvalue weighted by atomic mass is 10.1. The Balaban J connectivity index is 3.21. The van der Waals surface area contributed by atoms with Crippen molar-refractivity contribution in [3.63, 3.8) is 0 Å². The molecule has 0 fully saturated rings. The molecule has 0 atom stereocenters. The Morgan fingerprint density at radius 3 is 2.21 bits per heavy atom. The molecule has 0 aliphatic rings. The van der Waals surface area contributed by atoms with Crippen molar-refractivity contribution < 1.29 is 9.53 Å². The third-order valence-electron chi connectivity index (χ3n) is 2.77. The quantitative estimate of drug-likeness (QED) is 0.677. The predicted molar refractivity (Wildman–Crippen MR) is 55.6 cm³/mol. The van der Waals surface area contributed by atoms with Crippen LogP contribution in [0.2, 0.25) is 0 Å². The second kappa shape index (κ2) is 3.86. The predicted octanol–water partition coefficient (Wildman–Crippen LogP) is 2.13. The van der Waals surface area contributed by atoms with E-state index in [-0.39, 0.29) is 5.97 Å². The van der Waals surface area contributed by atoms with Crippen molar-refractivity contribution in [2.24, 2.45) is 7.05 Å². The van der Waals surface area contributed by atoms with Crippen LogP contribution in [-0.4, -0.2) is 17.1 Å². The van der Waals surface area contributed by atoms with Gasteiger partial charge in [-0.2, -0.15) is 0 Å². The third kappa shape index (κ3) is 1.54. The fourth-order valence-corrected chi connectivity index (χ4v) is 1.61. The zero-order valence-electron chi connectivity index (χ0n) is 9.47. The van der Waals surface area contributed by atoms with E-state index in [0.29, 0.717) is 12.3 Å². The van der Waals surface area contributed by atoms with Crippen LogP contribution in [0.15, 0.2) is 0 Å². The maximum atomic E-state index is 11.6. The molecule has 0 spiro atoms. The van der Waals surface area contributed by atoms with Gasteiger partial charge in [0.25, 0.3) is 0 Å². The summed E-state index contributed by atoms with van der Waals surface area (Å²) in [6, 6.07) is 0. The first kappa shape index (κ1) is 10.8. The molecule has 78 valence electrons. The summed E-state index contributed by atoms with van der Waals surface area (Å²) in [5, 5.41) is 0.